The number of hydrogen-bond acceptors (Lipinski definition) is 2. The maximum absolute atomic E-state index is 5.62. The summed E-state index contributed by atoms with van der Waals surface area (Å²) in [6.07, 6.45) is 4.05. The van der Waals surface area contributed by atoms with Crippen molar-refractivity contribution >= 4 is 15.9 Å². The number of fused-ring (bicyclic) bond motifs is 2. The molecule has 0 spiro atoms. The first-order valence-electron chi connectivity index (χ1n) is 8.50. The molecule has 23 heavy (non-hydrogen) atoms. The summed E-state index contributed by atoms with van der Waals surface area (Å²) >= 11 is 3.62. The first kappa shape index (κ1) is 17.1. The molecule has 1 aromatic carbocycles. The monoisotopic (exact) mass is 382 g/mol. The zero-order valence-electron chi connectivity index (χ0n) is 15.0. The number of quaternary nitrogens is 1. The molecule has 3 rings (SSSR count). The minimum absolute atomic E-state index is 0.476. The SMILES string of the molecule is COc1cc(OC)c(C[NH+]2C[C@]3(C)C[C@H]2CC(C)(C)C3)cc1Br. The van der Waals surface area contributed by atoms with Gasteiger partial charge in [0, 0.05) is 29.9 Å². The van der Waals surface area contributed by atoms with Gasteiger partial charge in [-0.1, -0.05) is 20.8 Å². The molecule has 1 unspecified atom stereocenters. The second kappa shape index (κ2) is 5.96. The molecule has 1 aliphatic carbocycles. The molecule has 3 nitrogen and oxygen atoms in total. The quantitative estimate of drug-likeness (QED) is 0.861. The standard InChI is InChI=1S/C19H28BrNO2/c1-18(2)8-14-9-19(3,11-18)12-21(14)10-13-6-15(20)17(23-5)7-16(13)22-4/h6-7,14H,8-12H2,1-5H3/p+1/t14-,19-/m1/s1. The number of ether oxygens (including phenoxy) is 2. The zero-order chi connectivity index (χ0) is 16.8. The molecule has 3 atom stereocenters. The molecule has 1 heterocycles. The molecular formula is C19H29BrNO2+. The Balaban J connectivity index is 1.84. The van der Waals surface area contributed by atoms with E-state index in [2.05, 4.69) is 42.8 Å². The van der Waals surface area contributed by atoms with Crippen molar-refractivity contribution in [3.8, 4) is 11.5 Å². The van der Waals surface area contributed by atoms with Gasteiger partial charge in [-0.05, 0) is 33.8 Å². The number of halogens is 1. The highest BCUT2D eigenvalue weighted by molar-refractivity contribution is 9.10. The molecule has 1 saturated carbocycles. The van der Waals surface area contributed by atoms with Crippen molar-refractivity contribution in [3.63, 3.8) is 0 Å². The van der Waals surface area contributed by atoms with Crippen LogP contribution in [0.3, 0.4) is 0 Å². The van der Waals surface area contributed by atoms with Gasteiger partial charge >= 0.3 is 0 Å². The van der Waals surface area contributed by atoms with Crippen LogP contribution in [-0.4, -0.2) is 26.8 Å². The average Bonchev–Trinajstić information content (AvgIpc) is 2.67. The van der Waals surface area contributed by atoms with Crippen LogP contribution in [0.2, 0.25) is 0 Å². The smallest absolute Gasteiger partial charge is 0.136 e. The normalized spacial score (nSPS) is 31.9. The third-order valence-corrected chi connectivity index (χ3v) is 6.27. The summed E-state index contributed by atoms with van der Waals surface area (Å²) in [5, 5.41) is 0. The first-order chi connectivity index (χ1) is 10.8. The largest absolute Gasteiger partial charge is 0.496 e. The Hall–Kier alpha value is -0.740. The molecule has 0 aromatic heterocycles. The lowest BCUT2D eigenvalue weighted by atomic mass is 9.65. The molecular weight excluding hydrogens is 354 g/mol. The fourth-order valence-electron chi connectivity index (χ4n) is 5.26. The molecule has 4 heteroatoms. The molecule has 2 fully saturated rings. The van der Waals surface area contributed by atoms with Crippen LogP contribution in [0.1, 0.15) is 45.6 Å². The summed E-state index contributed by atoms with van der Waals surface area (Å²) in [6, 6.07) is 4.93. The Morgan fingerprint density at radius 1 is 1.13 bits per heavy atom. The molecule has 1 aliphatic heterocycles. The zero-order valence-corrected chi connectivity index (χ0v) is 16.5. The van der Waals surface area contributed by atoms with Gasteiger partial charge in [-0.25, -0.2) is 0 Å². The molecule has 1 aromatic rings. The topological polar surface area (TPSA) is 22.9 Å². The Labute approximate surface area is 148 Å². The molecule has 2 aliphatic rings. The summed E-state index contributed by atoms with van der Waals surface area (Å²) in [5.74, 6) is 1.76. The van der Waals surface area contributed by atoms with E-state index in [1.165, 1.54) is 31.4 Å². The summed E-state index contributed by atoms with van der Waals surface area (Å²) in [5.41, 5.74) is 2.24. The summed E-state index contributed by atoms with van der Waals surface area (Å²) in [7, 11) is 3.44. The fourth-order valence-corrected chi connectivity index (χ4v) is 5.81. The van der Waals surface area contributed by atoms with E-state index in [-0.39, 0.29) is 0 Å². The van der Waals surface area contributed by atoms with E-state index in [9.17, 15) is 0 Å². The van der Waals surface area contributed by atoms with E-state index in [4.69, 9.17) is 9.47 Å². The highest BCUT2D eigenvalue weighted by Crippen LogP contribution is 2.47. The molecule has 1 N–H and O–H groups in total. The van der Waals surface area contributed by atoms with Gasteiger partial charge in [0.15, 0.2) is 0 Å². The van der Waals surface area contributed by atoms with E-state index in [1.54, 1.807) is 19.1 Å². The van der Waals surface area contributed by atoms with Crippen molar-refractivity contribution in [2.75, 3.05) is 20.8 Å². The minimum Gasteiger partial charge on any atom is -0.496 e. The van der Waals surface area contributed by atoms with Gasteiger partial charge in [0.25, 0.3) is 0 Å². The second-order valence-electron chi connectivity index (χ2n) is 8.57. The number of methoxy groups -OCH3 is 2. The Kier molecular flexibility index (Phi) is 4.43. The second-order valence-corrected chi connectivity index (χ2v) is 9.42. The van der Waals surface area contributed by atoms with Crippen LogP contribution in [0, 0.1) is 10.8 Å². The van der Waals surface area contributed by atoms with Gasteiger partial charge in [0.1, 0.15) is 18.0 Å². The number of benzene rings is 1. The van der Waals surface area contributed by atoms with E-state index >= 15 is 0 Å². The highest BCUT2D eigenvalue weighted by Gasteiger charge is 2.52. The van der Waals surface area contributed by atoms with Crippen LogP contribution in [0.5, 0.6) is 11.5 Å². The third-order valence-electron chi connectivity index (χ3n) is 5.65. The van der Waals surface area contributed by atoms with Crippen LogP contribution in [0.15, 0.2) is 16.6 Å². The Morgan fingerprint density at radius 3 is 2.48 bits per heavy atom. The van der Waals surface area contributed by atoms with E-state index in [1.807, 2.05) is 6.07 Å². The lowest BCUT2D eigenvalue weighted by Gasteiger charge is -2.37. The predicted molar refractivity (Wildman–Crippen MR) is 96.3 cm³/mol. The van der Waals surface area contributed by atoms with Crippen LogP contribution in [0.25, 0.3) is 0 Å². The van der Waals surface area contributed by atoms with Crippen LogP contribution in [0.4, 0.5) is 0 Å². The molecule has 0 radical (unpaired) electrons. The van der Waals surface area contributed by atoms with Crippen molar-refractivity contribution in [1.82, 2.24) is 0 Å². The van der Waals surface area contributed by atoms with E-state index < -0.39 is 0 Å². The first-order valence-corrected chi connectivity index (χ1v) is 9.30. The predicted octanol–water partition coefficient (Wildman–Crippen LogP) is 3.45. The lowest BCUT2D eigenvalue weighted by Crippen LogP contribution is -3.12. The fraction of sp³-hybridized carbons (Fsp3) is 0.684. The van der Waals surface area contributed by atoms with Gasteiger partial charge in [-0.2, -0.15) is 0 Å². The lowest BCUT2D eigenvalue weighted by molar-refractivity contribution is -0.928. The minimum atomic E-state index is 0.476. The molecule has 0 amide bonds. The van der Waals surface area contributed by atoms with E-state index in [0.29, 0.717) is 10.8 Å². The number of hydrogen-bond donors (Lipinski definition) is 1. The average molecular weight is 383 g/mol. The van der Waals surface area contributed by atoms with Crippen LogP contribution in [-0.2, 0) is 6.54 Å². The maximum atomic E-state index is 5.62. The number of nitrogens with one attached hydrogen (secondary N) is 1. The van der Waals surface area contributed by atoms with Crippen LogP contribution >= 0.6 is 15.9 Å². The third kappa shape index (κ3) is 3.39. The van der Waals surface area contributed by atoms with Crippen molar-refractivity contribution < 1.29 is 14.4 Å². The molecule has 1 saturated heterocycles. The Morgan fingerprint density at radius 2 is 1.83 bits per heavy atom. The van der Waals surface area contributed by atoms with E-state index in [0.717, 1.165) is 28.6 Å². The van der Waals surface area contributed by atoms with Gasteiger partial charge in [0.2, 0.25) is 0 Å². The van der Waals surface area contributed by atoms with Gasteiger partial charge in [-0.3, -0.25) is 0 Å². The molecule has 2 bridgehead atoms. The van der Waals surface area contributed by atoms with Crippen LogP contribution < -0.4 is 14.4 Å². The number of likely N-dealkylation sites (tertiary alicyclic amines) is 1. The van der Waals surface area contributed by atoms with Gasteiger partial charge < -0.3 is 14.4 Å². The highest BCUT2D eigenvalue weighted by atomic mass is 79.9. The Bertz CT molecular complexity index is 601. The van der Waals surface area contributed by atoms with Gasteiger partial charge in [0.05, 0.1) is 31.3 Å². The van der Waals surface area contributed by atoms with Crippen molar-refractivity contribution in [2.45, 2.75) is 52.6 Å². The van der Waals surface area contributed by atoms with Gasteiger partial charge in [-0.15, -0.1) is 0 Å². The van der Waals surface area contributed by atoms with Crippen molar-refractivity contribution in [1.29, 1.82) is 0 Å². The number of rotatable bonds is 4. The molecule has 128 valence electrons. The summed E-state index contributed by atoms with van der Waals surface area (Å²) < 4.78 is 12.0. The van der Waals surface area contributed by atoms with Crippen molar-refractivity contribution in [2.24, 2.45) is 10.8 Å². The maximum Gasteiger partial charge on any atom is 0.136 e. The van der Waals surface area contributed by atoms with Crippen molar-refractivity contribution in [3.05, 3.63) is 22.2 Å². The summed E-state index contributed by atoms with van der Waals surface area (Å²) in [4.78, 5) is 1.72. The summed E-state index contributed by atoms with van der Waals surface area (Å²) in [6.45, 7) is 9.65.